The number of aliphatic hydroxyl groups is 1. The summed E-state index contributed by atoms with van der Waals surface area (Å²) in [6, 6.07) is 17.2. The van der Waals surface area contributed by atoms with Crippen LogP contribution in [-0.4, -0.2) is 174 Å². The van der Waals surface area contributed by atoms with Gasteiger partial charge in [-0.1, -0.05) is 87.5 Å². The Morgan fingerprint density at radius 2 is 1.55 bits per heavy atom. The molecule has 3 amide bonds. The number of likely N-dealkylation sites (tertiary alicyclic amines) is 1. The maximum absolute atomic E-state index is 17.0. The Morgan fingerprint density at radius 3 is 2.20 bits per heavy atom. The van der Waals surface area contributed by atoms with E-state index in [1.54, 1.807) is 33.9 Å². The number of thiazole rings is 1. The van der Waals surface area contributed by atoms with E-state index < -0.39 is 58.5 Å². The van der Waals surface area contributed by atoms with Crippen LogP contribution in [0.4, 0.5) is 10.2 Å². The van der Waals surface area contributed by atoms with E-state index in [0.717, 1.165) is 21.7 Å². The quantitative estimate of drug-likeness (QED) is 0.0234. The molecule has 86 heavy (non-hydrogen) atoms. The Hall–Kier alpha value is -6.73. The molecule has 6 aromatic rings. The molecule has 23 heteroatoms. The minimum absolute atomic E-state index is 0.0201. The molecule has 0 bridgehead atoms. The predicted molar refractivity (Wildman–Crippen MR) is 330 cm³/mol. The number of Topliss-reactive ketones (excluding diaryl/α,β-unsaturated/α-hetero) is 1. The van der Waals surface area contributed by atoms with Crippen molar-refractivity contribution in [3.8, 4) is 33.3 Å². The third kappa shape index (κ3) is 16.3. The molecule has 0 radical (unpaired) electrons. The average Bonchev–Trinajstić information content (AvgIpc) is 1.04. The predicted octanol–water partition coefficient (Wildman–Crippen LogP) is 7.56. The van der Waals surface area contributed by atoms with Crippen molar-refractivity contribution >= 4 is 73.9 Å². The molecule has 0 saturated carbocycles. The number of halogens is 2. The molecule has 0 spiro atoms. The summed E-state index contributed by atoms with van der Waals surface area (Å²) in [5.74, 6) is -2.92. The van der Waals surface area contributed by atoms with Crippen LogP contribution in [0.15, 0.2) is 84.9 Å². The number of nitrogens with two attached hydrogens (primary N) is 2. The van der Waals surface area contributed by atoms with Crippen molar-refractivity contribution in [2.24, 2.45) is 22.8 Å². The molecule has 2 aromatic heterocycles. The summed E-state index contributed by atoms with van der Waals surface area (Å²) < 4.78 is 45.9. The SMILES string of the molecule is C=CC(=O)N1CCN(c2nc(OCCC(C)(N)CCOCCOCCOCCOCC(=O)C(N)[C@@H](C(=O)N3C[C@H](O)C[C@H]3C(=O)N[C@@H](C)c3ccc(-c4scnc4C)cc3)C(C)(C)C)nc3c(F)c(-c4cc(O)cc5ccccc45)c(Cl)cc23)CC1. The number of aryl methyl sites for hydroxylation is 1. The van der Waals surface area contributed by atoms with Crippen molar-refractivity contribution in [2.45, 2.75) is 90.6 Å². The molecule has 2 aliphatic heterocycles. The van der Waals surface area contributed by atoms with Gasteiger partial charge in [0.25, 0.3) is 0 Å². The highest BCUT2D eigenvalue weighted by Crippen LogP contribution is 2.43. The molecule has 2 unspecified atom stereocenters. The van der Waals surface area contributed by atoms with Gasteiger partial charge in [0.2, 0.25) is 17.7 Å². The fourth-order valence-corrected chi connectivity index (χ4v) is 12.0. The van der Waals surface area contributed by atoms with Crippen LogP contribution in [0.5, 0.6) is 11.8 Å². The third-order valence-electron chi connectivity index (χ3n) is 15.7. The van der Waals surface area contributed by atoms with Gasteiger partial charge in [0.05, 0.1) is 91.5 Å². The zero-order valence-corrected chi connectivity index (χ0v) is 51.3. The van der Waals surface area contributed by atoms with Crippen LogP contribution in [-0.2, 0) is 38.1 Å². The highest BCUT2D eigenvalue weighted by atomic mass is 35.5. The molecule has 2 fully saturated rings. The topological polar surface area (TPSA) is 267 Å². The van der Waals surface area contributed by atoms with Crippen LogP contribution >= 0.6 is 22.9 Å². The summed E-state index contributed by atoms with van der Waals surface area (Å²) in [6.07, 6.45) is 1.27. The zero-order valence-electron chi connectivity index (χ0n) is 49.7. The summed E-state index contributed by atoms with van der Waals surface area (Å²) in [5.41, 5.74) is 16.8. The number of carbonyl (C=O) groups excluding carboxylic acids is 4. The number of β-amino-alcohol motifs (C(OH)–C–C–N with tert-alkyl or cyclic N) is 1. The maximum Gasteiger partial charge on any atom is 0.319 e. The number of aromatic hydroxyl groups is 1. The Morgan fingerprint density at radius 1 is 0.895 bits per heavy atom. The van der Waals surface area contributed by atoms with Gasteiger partial charge < -0.3 is 65.4 Å². The third-order valence-corrected chi connectivity index (χ3v) is 17.0. The second kappa shape index (κ2) is 29.3. The Bertz CT molecular complexity index is 3360. The van der Waals surface area contributed by atoms with Crippen molar-refractivity contribution < 1.29 is 57.5 Å². The maximum atomic E-state index is 17.0. The number of amides is 3. The average molecular weight is 1220 g/mol. The van der Waals surface area contributed by atoms with E-state index >= 15 is 4.39 Å². The standard InChI is InChI=1S/C63H79ClFN9O11S/c1-8-51(78)72-19-21-73(22-20-72)58-47-34-48(64)52(46-32-43(75)31-42-11-9-10-12-45(42)46)54(65)56(47)70-61(71-58)85-24-18-63(7,67)17-23-81-25-26-82-27-28-83-29-30-84-36-50(77)55(66)53(62(4,5)6)60(80)74-35-44(76)33-49(74)59(79)69-38(2)40-13-15-41(16-14-40)57-39(3)68-37-86-57/h8-16,31-32,34,37-38,44,49,53,55,75-76H,1,17-30,33,35-36,66-67H2,2-7H3,(H,69,79)/t38-,44+,49-,53-,55?,63?/m0/s1. The number of hydrogen-bond donors (Lipinski definition) is 5. The first-order chi connectivity index (χ1) is 41.0. The molecule has 2 saturated heterocycles. The van der Waals surface area contributed by atoms with E-state index in [4.69, 9.17) is 51.7 Å². The van der Waals surface area contributed by atoms with Crippen LogP contribution in [0.1, 0.15) is 71.2 Å². The van der Waals surface area contributed by atoms with E-state index in [9.17, 15) is 29.4 Å². The molecule has 0 aliphatic carbocycles. The van der Waals surface area contributed by atoms with Gasteiger partial charge in [-0.3, -0.25) is 19.2 Å². The van der Waals surface area contributed by atoms with Gasteiger partial charge in [-0.05, 0) is 90.8 Å². The molecule has 8 rings (SSSR count). The number of anilines is 1. The number of ketones is 1. The number of nitrogens with zero attached hydrogens (tertiary/aromatic N) is 6. The summed E-state index contributed by atoms with van der Waals surface area (Å²) in [4.78, 5) is 73.5. The first-order valence-electron chi connectivity index (χ1n) is 28.9. The largest absolute Gasteiger partial charge is 0.508 e. The Kier molecular flexibility index (Phi) is 22.2. The smallest absolute Gasteiger partial charge is 0.319 e. The molecule has 6 atom stereocenters. The van der Waals surface area contributed by atoms with Crippen LogP contribution in [0.2, 0.25) is 5.02 Å². The summed E-state index contributed by atoms with van der Waals surface area (Å²) in [7, 11) is 0. The van der Waals surface area contributed by atoms with Gasteiger partial charge in [-0.15, -0.1) is 11.3 Å². The monoisotopic (exact) mass is 1220 g/mol. The van der Waals surface area contributed by atoms with Crippen LogP contribution in [0.25, 0.3) is 43.2 Å². The number of phenols is 1. The Labute approximate surface area is 509 Å². The van der Waals surface area contributed by atoms with Gasteiger partial charge in [-0.2, -0.15) is 9.97 Å². The lowest BCUT2D eigenvalue weighted by Gasteiger charge is -2.37. The second-order valence-corrected chi connectivity index (χ2v) is 24.5. The number of hydrogen-bond acceptors (Lipinski definition) is 18. The number of phenolic OH excluding ortho intramolecular Hbond substituents is 1. The number of fused-ring (bicyclic) bond motifs is 2. The van der Waals surface area contributed by atoms with Gasteiger partial charge in [0.1, 0.15) is 29.7 Å². The van der Waals surface area contributed by atoms with Crippen molar-refractivity contribution in [1.82, 2.24) is 30.1 Å². The lowest BCUT2D eigenvalue weighted by molar-refractivity contribution is -0.148. The van der Waals surface area contributed by atoms with Crippen molar-refractivity contribution in [1.29, 1.82) is 0 Å². The van der Waals surface area contributed by atoms with Crippen molar-refractivity contribution in [3.63, 3.8) is 0 Å². The summed E-state index contributed by atoms with van der Waals surface area (Å²) in [5, 5.41) is 26.2. The number of benzene rings is 4. The number of piperazine rings is 1. The molecular formula is C63H79ClFN9O11S. The number of rotatable bonds is 28. The normalized spacial score (nSPS) is 17.4. The molecule has 20 nitrogen and oxygen atoms in total. The van der Waals surface area contributed by atoms with Crippen LogP contribution in [0.3, 0.4) is 0 Å². The lowest BCUT2D eigenvalue weighted by Crippen LogP contribution is -2.56. The van der Waals surface area contributed by atoms with E-state index in [0.29, 0.717) is 86.4 Å². The number of nitrogens with one attached hydrogen (secondary N) is 1. The number of carbonyl (C=O) groups is 4. The number of aliphatic hydroxyl groups excluding tert-OH is 1. The van der Waals surface area contributed by atoms with Gasteiger partial charge >= 0.3 is 6.01 Å². The first-order valence-corrected chi connectivity index (χ1v) is 30.2. The van der Waals surface area contributed by atoms with Gasteiger partial charge in [0, 0.05) is 62.2 Å². The fraction of sp³-hybridized carbons (Fsp3) is 0.476. The first kappa shape index (κ1) is 65.2. The van der Waals surface area contributed by atoms with E-state index in [1.807, 2.05) is 95.0 Å². The zero-order chi connectivity index (χ0) is 61.9. The minimum Gasteiger partial charge on any atom is -0.508 e. The summed E-state index contributed by atoms with van der Waals surface area (Å²) in [6.45, 7) is 17.8. The van der Waals surface area contributed by atoms with Gasteiger partial charge in [-0.25, -0.2) is 9.37 Å². The molecule has 7 N–H and O–H groups in total. The molecule has 462 valence electrons. The van der Waals surface area contributed by atoms with E-state index in [1.165, 1.54) is 17.0 Å². The lowest BCUT2D eigenvalue weighted by atomic mass is 9.74. The second-order valence-electron chi connectivity index (χ2n) is 23.2. The molecule has 2 aliphatic rings. The highest BCUT2D eigenvalue weighted by Gasteiger charge is 2.47. The van der Waals surface area contributed by atoms with Crippen molar-refractivity contribution in [3.05, 3.63) is 107 Å². The number of aromatic nitrogens is 3. The number of ether oxygens (including phenoxy) is 5. The highest BCUT2D eigenvalue weighted by molar-refractivity contribution is 7.13. The van der Waals surface area contributed by atoms with E-state index in [-0.39, 0.29) is 92.4 Å². The molecular weight excluding hydrogens is 1150 g/mol. The minimum atomic E-state index is -1.24. The molecule has 4 aromatic carbocycles. The molecule has 4 heterocycles. The van der Waals surface area contributed by atoms with Gasteiger partial charge in [0.15, 0.2) is 11.6 Å². The van der Waals surface area contributed by atoms with Crippen LogP contribution in [0, 0.1) is 24.1 Å². The Balaban J connectivity index is 0.735. The van der Waals surface area contributed by atoms with E-state index in [2.05, 4.69) is 21.9 Å². The summed E-state index contributed by atoms with van der Waals surface area (Å²) >= 11 is 8.45. The van der Waals surface area contributed by atoms with Crippen molar-refractivity contribution in [2.75, 3.05) is 97.1 Å². The fourth-order valence-electron chi connectivity index (χ4n) is 10.8. The van der Waals surface area contributed by atoms with Crippen LogP contribution < -0.4 is 26.4 Å².